The highest BCUT2D eigenvalue weighted by atomic mass is 19.4. The molecule has 0 saturated heterocycles. The number of benzene rings is 1. The second-order valence-corrected chi connectivity index (χ2v) is 3.54. The minimum atomic E-state index is -4.69. The van der Waals surface area contributed by atoms with Crippen molar-refractivity contribution < 1.29 is 27.1 Å². The van der Waals surface area contributed by atoms with Crippen molar-refractivity contribution in [3.63, 3.8) is 0 Å². The summed E-state index contributed by atoms with van der Waals surface area (Å²) < 4.78 is 62.2. The third-order valence-electron chi connectivity index (χ3n) is 2.24. The van der Waals surface area contributed by atoms with E-state index in [1.54, 1.807) is 0 Å². The standard InChI is InChI=1S/C10H10F5NO/c11-6-3-1-2-5(9(6)12)7(17)4-8(16)10(13,14)15/h1-3,7-8,17H,4,16H2/t7-,8+/m1/s1. The molecule has 0 fully saturated rings. The molecule has 2 atom stereocenters. The van der Waals surface area contributed by atoms with Crippen LogP contribution < -0.4 is 5.73 Å². The van der Waals surface area contributed by atoms with Crippen LogP contribution in [0.3, 0.4) is 0 Å². The summed E-state index contributed by atoms with van der Waals surface area (Å²) in [7, 11) is 0. The molecule has 1 rings (SSSR count). The van der Waals surface area contributed by atoms with E-state index in [0.717, 1.165) is 18.2 Å². The van der Waals surface area contributed by atoms with Crippen LogP contribution in [0.15, 0.2) is 18.2 Å². The maximum absolute atomic E-state index is 13.1. The average molecular weight is 255 g/mol. The number of hydrogen-bond acceptors (Lipinski definition) is 2. The second-order valence-electron chi connectivity index (χ2n) is 3.54. The molecule has 0 unspecified atom stereocenters. The summed E-state index contributed by atoms with van der Waals surface area (Å²) in [5.41, 5.74) is 4.24. The van der Waals surface area contributed by atoms with Gasteiger partial charge in [-0.1, -0.05) is 12.1 Å². The predicted octanol–water partition coefficient (Wildman–Crippen LogP) is 2.28. The van der Waals surface area contributed by atoms with Gasteiger partial charge in [0.1, 0.15) is 6.04 Å². The van der Waals surface area contributed by atoms with Gasteiger partial charge >= 0.3 is 6.18 Å². The number of aliphatic hydroxyl groups is 1. The fourth-order valence-corrected chi connectivity index (χ4v) is 1.28. The number of hydrogen-bond donors (Lipinski definition) is 2. The predicted molar refractivity (Wildman–Crippen MR) is 50.0 cm³/mol. The van der Waals surface area contributed by atoms with Crippen LogP contribution in [-0.4, -0.2) is 17.3 Å². The Hall–Kier alpha value is -1.21. The lowest BCUT2D eigenvalue weighted by Crippen LogP contribution is -2.38. The van der Waals surface area contributed by atoms with Crippen LogP contribution in [0.1, 0.15) is 18.1 Å². The van der Waals surface area contributed by atoms with Crippen LogP contribution in [0.25, 0.3) is 0 Å². The van der Waals surface area contributed by atoms with E-state index in [4.69, 9.17) is 5.73 Å². The van der Waals surface area contributed by atoms with Gasteiger partial charge in [0.2, 0.25) is 0 Å². The van der Waals surface area contributed by atoms with Crippen molar-refractivity contribution in [2.45, 2.75) is 24.7 Å². The topological polar surface area (TPSA) is 46.2 Å². The van der Waals surface area contributed by atoms with Gasteiger partial charge in [-0.2, -0.15) is 13.2 Å². The van der Waals surface area contributed by atoms with E-state index in [-0.39, 0.29) is 0 Å². The second kappa shape index (κ2) is 4.97. The molecule has 96 valence electrons. The summed E-state index contributed by atoms with van der Waals surface area (Å²) in [6.45, 7) is 0. The lowest BCUT2D eigenvalue weighted by molar-refractivity contribution is -0.154. The molecular weight excluding hydrogens is 245 g/mol. The van der Waals surface area contributed by atoms with E-state index >= 15 is 0 Å². The molecule has 0 amide bonds. The molecule has 7 heteroatoms. The normalized spacial score (nSPS) is 15.7. The van der Waals surface area contributed by atoms with E-state index in [0.29, 0.717) is 0 Å². The molecule has 0 saturated carbocycles. The lowest BCUT2D eigenvalue weighted by Gasteiger charge is -2.19. The monoisotopic (exact) mass is 255 g/mol. The van der Waals surface area contributed by atoms with Gasteiger partial charge < -0.3 is 10.8 Å². The molecule has 1 aromatic carbocycles. The number of rotatable bonds is 3. The summed E-state index contributed by atoms with van der Waals surface area (Å²) in [6, 6.07) is 0.609. The molecule has 1 aromatic rings. The maximum atomic E-state index is 13.1. The molecule has 2 nitrogen and oxygen atoms in total. The SMILES string of the molecule is N[C@@H](C[C@@H](O)c1cccc(F)c1F)C(F)(F)F. The highest BCUT2D eigenvalue weighted by Gasteiger charge is 2.38. The Morgan fingerprint density at radius 1 is 1.24 bits per heavy atom. The molecule has 0 bridgehead atoms. The van der Waals surface area contributed by atoms with Crippen molar-refractivity contribution >= 4 is 0 Å². The fraction of sp³-hybridized carbons (Fsp3) is 0.400. The zero-order valence-electron chi connectivity index (χ0n) is 8.51. The van der Waals surface area contributed by atoms with Crippen molar-refractivity contribution in [3.8, 4) is 0 Å². The first kappa shape index (κ1) is 13.9. The quantitative estimate of drug-likeness (QED) is 0.814. The minimum Gasteiger partial charge on any atom is -0.388 e. The van der Waals surface area contributed by atoms with E-state index < -0.39 is 41.9 Å². The third-order valence-corrected chi connectivity index (χ3v) is 2.24. The van der Waals surface area contributed by atoms with E-state index in [1.807, 2.05) is 0 Å². The Labute approximate surface area is 93.9 Å². The largest absolute Gasteiger partial charge is 0.403 e. The average Bonchev–Trinajstić information content (AvgIpc) is 2.20. The molecule has 3 N–H and O–H groups in total. The Bertz CT molecular complexity index is 393. The van der Waals surface area contributed by atoms with Crippen LogP contribution in [0.2, 0.25) is 0 Å². The van der Waals surface area contributed by atoms with Gasteiger partial charge in [0, 0.05) is 12.0 Å². The summed E-state index contributed by atoms with van der Waals surface area (Å²) in [5, 5.41) is 9.37. The summed E-state index contributed by atoms with van der Waals surface area (Å²) in [5.74, 6) is -2.60. The van der Waals surface area contributed by atoms with Crippen LogP contribution >= 0.6 is 0 Å². The summed E-state index contributed by atoms with van der Waals surface area (Å²) in [4.78, 5) is 0. The van der Waals surface area contributed by atoms with Crippen molar-refractivity contribution in [2.24, 2.45) is 5.73 Å². The first-order chi connectivity index (χ1) is 7.73. The molecule has 0 aromatic heterocycles. The molecule has 0 spiro atoms. The van der Waals surface area contributed by atoms with Gasteiger partial charge in [0.15, 0.2) is 11.6 Å². The van der Waals surface area contributed by atoms with Crippen molar-refractivity contribution in [2.75, 3.05) is 0 Å². The van der Waals surface area contributed by atoms with Gasteiger partial charge in [-0.05, 0) is 6.07 Å². The zero-order chi connectivity index (χ0) is 13.2. The summed E-state index contributed by atoms with van der Waals surface area (Å²) in [6.07, 6.45) is -7.42. The third kappa shape index (κ3) is 3.37. The van der Waals surface area contributed by atoms with Gasteiger partial charge in [-0.15, -0.1) is 0 Å². The Balaban J connectivity index is 2.84. The highest BCUT2D eigenvalue weighted by molar-refractivity contribution is 5.21. The fourth-order valence-electron chi connectivity index (χ4n) is 1.28. The van der Waals surface area contributed by atoms with Crippen LogP contribution in [0.5, 0.6) is 0 Å². The lowest BCUT2D eigenvalue weighted by atomic mass is 10.0. The van der Waals surface area contributed by atoms with Crippen LogP contribution in [-0.2, 0) is 0 Å². The van der Waals surface area contributed by atoms with Crippen LogP contribution in [0.4, 0.5) is 22.0 Å². The van der Waals surface area contributed by atoms with E-state index in [2.05, 4.69) is 0 Å². The van der Waals surface area contributed by atoms with Crippen molar-refractivity contribution in [1.82, 2.24) is 0 Å². The maximum Gasteiger partial charge on any atom is 0.403 e. The Morgan fingerprint density at radius 3 is 2.35 bits per heavy atom. The van der Waals surface area contributed by atoms with Gasteiger partial charge in [0.25, 0.3) is 0 Å². The minimum absolute atomic E-state index is 0.537. The molecule has 0 heterocycles. The smallest absolute Gasteiger partial charge is 0.388 e. The molecule has 0 aliphatic carbocycles. The van der Waals surface area contributed by atoms with Crippen molar-refractivity contribution in [1.29, 1.82) is 0 Å². The molecule has 0 aliphatic heterocycles. The van der Waals surface area contributed by atoms with Crippen LogP contribution in [0, 0.1) is 11.6 Å². The first-order valence-corrected chi connectivity index (χ1v) is 4.67. The Kier molecular flexibility index (Phi) is 4.05. The first-order valence-electron chi connectivity index (χ1n) is 4.67. The summed E-state index contributed by atoms with van der Waals surface area (Å²) >= 11 is 0. The molecule has 17 heavy (non-hydrogen) atoms. The number of nitrogens with two attached hydrogens (primary N) is 1. The number of halogens is 5. The highest BCUT2D eigenvalue weighted by Crippen LogP contribution is 2.28. The molecule has 0 radical (unpaired) electrons. The van der Waals surface area contributed by atoms with Gasteiger partial charge in [-0.25, -0.2) is 8.78 Å². The molecule has 0 aliphatic rings. The number of alkyl halides is 3. The molecular formula is C10H10F5NO. The van der Waals surface area contributed by atoms with Gasteiger partial charge in [0.05, 0.1) is 6.10 Å². The van der Waals surface area contributed by atoms with E-state index in [9.17, 15) is 27.1 Å². The van der Waals surface area contributed by atoms with Gasteiger partial charge in [-0.3, -0.25) is 0 Å². The number of aliphatic hydroxyl groups excluding tert-OH is 1. The Morgan fingerprint density at radius 2 is 1.82 bits per heavy atom. The zero-order valence-corrected chi connectivity index (χ0v) is 8.51. The van der Waals surface area contributed by atoms with E-state index in [1.165, 1.54) is 0 Å². The van der Waals surface area contributed by atoms with Crippen molar-refractivity contribution in [3.05, 3.63) is 35.4 Å².